The van der Waals surface area contributed by atoms with Gasteiger partial charge in [-0.15, -0.1) is 0 Å². The van der Waals surface area contributed by atoms with Crippen LogP contribution in [0, 0.1) is 0 Å². The van der Waals surface area contributed by atoms with Gasteiger partial charge in [0.25, 0.3) is 0 Å². The number of rotatable bonds is 8. The molecule has 34 heavy (non-hydrogen) atoms. The molecule has 0 radical (unpaired) electrons. The molecule has 184 valence electrons. The number of carbonyl (C=O) groups is 1. The molecule has 1 N–H and O–H groups in total. The maximum atomic E-state index is 13.7. The van der Waals surface area contributed by atoms with Crippen molar-refractivity contribution in [2.45, 2.75) is 76.2 Å². The van der Waals surface area contributed by atoms with E-state index >= 15 is 0 Å². The van der Waals surface area contributed by atoms with Crippen LogP contribution in [0.15, 0.2) is 42.5 Å². The lowest BCUT2D eigenvalue weighted by atomic mass is 9.68. The Kier molecular flexibility index (Phi) is 6.66. The summed E-state index contributed by atoms with van der Waals surface area (Å²) in [5, 5.41) is 3.41. The van der Waals surface area contributed by atoms with Gasteiger partial charge in [0.05, 0.1) is 24.3 Å². The number of amides is 1. The fourth-order valence-corrected chi connectivity index (χ4v) is 5.53. The summed E-state index contributed by atoms with van der Waals surface area (Å²) < 4.78 is 18.1. The second-order valence-electron chi connectivity index (χ2n) is 11.1. The van der Waals surface area contributed by atoms with Crippen LogP contribution in [0.2, 0.25) is 18.1 Å². The smallest absolute Gasteiger partial charge is 0.233 e. The summed E-state index contributed by atoms with van der Waals surface area (Å²) in [4.78, 5) is 18.6. The van der Waals surface area contributed by atoms with Crippen molar-refractivity contribution in [3.05, 3.63) is 59.3 Å². The van der Waals surface area contributed by atoms with E-state index in [1.54, 1.807) is 0 Å². The van der Waals surface area contributed by atoms with E-state index < -0.39 is 19.3 Å². The first-order chi connectivity index (χ1) is 16.0. The number of hydrogen-bond donors (Lipinski definition) is 1. The largest absolute Gasteiger partial charge is 0.473 e. The number of hydrogen-bond acceptors (Lipinski definition) is 5. The van der Waals surface area contributed by atoms with Gasteiger partial charge in [0.1, 0.15) is 12.1 Å². The Balaban J connectivity index is 1.64. The van der Waals surface area contributed by atoms with Gasteiger partial charge in [-0.2, -0.15) is 0 Å². The van der Waals surface area contributed by atoms with E-state index in [0.29, 0.717) is 45.1 Å². The van der Waals surface area contributed by atoms with Gasteiger partial charge < -0.3 is 19.2 Å². The molecule has 1 spiro atoms. The number of nitrogens with zero attached hydrogens (tertiary/aromatic N) is 1. The molecule has 0 saturated carbocycles. The molecule has 6 nitrogen and oxygen atoms in total. The molecule has 1 aromatic heterocycles. The molecule has 1 saturated heterocycles. The highest BCUT2D eigenvalue weighted by atomic mass is 28.4. The van der Waals surface area contributed by atoms with E-state index in [1.807, 2.05) is 36.4 Å². The Hall–Kier alpha value is -2.22. The maximum Gasteiger partial charge on any atom is 0.233 e. The number of aromatic nitrogens is 1. The fraction of sp³-hybridized carbons (Fsp3) is 0.556. The predicted octanol–water partition coefficient (Wildman–Crippen LogP) is 5.08. The van der Waals surface area contributed by atoms with Crippen LogP contribution in [0.1, 0.15) is 57.4 Å². The summed E-state index contributed by atoms with van der Waals surface area (Å²) in [6.07, 6.45) is 1.22. The summed E-state index contributed by atoms with van der Waals surface area (Å²) in [6.45, 7) is 15.1. The van der Waals surface area contributed by atoms with Gasteiger partial charge in [-0.25, -0.2) is 4.98 Å². The summed E-state index contributed by atoms with van der Waals surface area (Å²) >= 11 is 0. The minimum Gasteiger partial charge on any atom is -0.473 e. The van der Waals surface area contributed by atoms with Gasteiger partial charge in [-0.05, 0) is 42.6 Å². The molecule has 1 fully saturated rings. The van der Waals surface area contributed by atoms with Crippen LogP contribution in [-0.4, -0.2) is 39.0 Å². The van der Waals surface area contributed by atoms with Crippen LogP contribution >= 0.6 is 0 Å². The van der Waals surface area contributed by atoms with Crippen LogP contribution in [0.5, 0.6) is 5.88 Å². The molecule has 2 aliphatic rings. The molecule has 4 rings (SSSR count). The SMILES string of the molecule is CCC1(CCO[Si](C)(C)C(C)(C)C)C(=O)NC2(COC2)c2ccc(OCc3ccccc3)nc21. The zero-order chi connectivity index (χ0) is 24.6. The molecule has 1 aromatic carbocycles. The van der Waals surface area contributed by atoms with Crippen LogP contribution in [-0.2, 0) is 31.5 Å². The van der Waals surface area contributed by atoms with Crippen molar-refractivity contribution >= 4 is 14.2 Å². The van der Waals surface area contributed by atoms with Crippen molar-refractivity contribution in [2.75, 3.05) is 19.8 Å². The maximum absolute atomic E-state index is 13.7. The fourth-order valence-electron chi connectivity index (χ4n) is 4.48. The lowest BCUT2D eigenvalue weighted by Crippen LogP contribution is -2.67. The first-order valence-corrected chi connectivity index (χ1v) is 15.2. The van der Waals surface area contributed by atoms with E-state index in [9.17, 15) is 4.79 Å². The Labute approximate surface area is 204 Å². The van der Waals surface area contributed by atoms with Crippen LogP contribution in [0.25, 0.3) is 0 Å². The average Bonchev–Trinajstić information content (AvgIpc) is 2.77. The molecule has 1 amide bonds. The summed E-state index contributed by atoms with van der Waals surface area (Å²) in [6, 6.07) is 14.0. The predicted molar refractivity (Wildman–Crippen MR) is 135 cm³/mol. The number of pyridine rings is 1. The highest BCUT2D eigenvalue weighted by Crippen LogP contribution is 2.46. The first-order valence-electron chi connectivity index (χ1n) is 12.3. The second kappa shape index (κ2) is 9.09. The zero-order valence-electron chi connectivity index (χ0n) is 21.4. The third kappa shape index (κ3) is 4.41. The third-order valence-electron chi connectivity index (χ3n) is 7.95. The summed E-state index contributed by atoms with van der Waals surface area (Å²) in [5.74, 6) is 0.549. The first kappa shape index (κ1) is 24.9. The van der Waals surface area contributed by atoms with Gasteiger partial charge in [0.15, 0.2) is 8.32 Å². The lowest BCUT2D eigenvalue weighted by molar-refractivity contribution is -0.144. The van der Waals surface area contributed by atoms with Crippen molar-refractivity contribution in [2.24, 2.45) is 0 Å². The Morgan fingerprint density at radius 1 is 1.12 bits per heavy atom. The molecule has 3 heterocycles. The minimum absolute atomic E-state index is 0.0114. The Morgan fingerprint density at radius 3 is 2.41 bits per heavy atom. The van der Waals surface area contributed by atoms with Gasteiger partial charge in [0, 0.05) is 18.2 Å². The molecule has 2 aromatic rings. The van der Waals surface area contributed by atoms with E-state index in [-0.39, 0.29) is 10.9 Å². The van der Waals surface area contributed by atoms with Crippen molar-refractivity contribution in [1.29, 1.82) is 0 Å². The molecular weight excluding hydrogens is 444 g/mol. The normalized spacial score (nSPS) is 21.5. The van der Waals surface area contributed by atoms with E-state index in [2.05, 4.69) is 52.2 Å². The Bertz CT molecular complexity index is 1030. The van der Waals surface area contributed by atoms with Gasteiger partial charge in [0.2, 0.25) is 11.8 Å². The van der Waals surface area contributed by atoms with Crippen molar-refractivity contribution in [1.82, 2.24) is 10.3 Å². The van der Waals surface area contributed by atoms with Crippen molar-refractivity contribution in [3.8, 4) is 5.88 Å². The highest BCUT2D eigenvalue weighted by Gasteiger charge is 2.56. The molecule has 2 aliphatic heterocycles. The number of fused-ring (bicyclic) bond motifs is 2. The van der Waals surface area contributed by atoms with Gasteiger partial charge in [-0.1, -0.05) is 58.0 Å². The zero-order valence-corrected chi connectivity index (χ0v) is 22.4. The average molecular weight is 483 g/mol. The molecule has 0 bridgehead atoms. The number of benzene rings is 1. The standard InChI is InChI=1S/C27H38N2O4Si/c1-7-26(15-16-33-34(5,6)25(2,3)4)23-21(27(18-31-19-27)29-24(26)30)13-14-22(28-23)32-17-20-11-9-8-10-12-20/h8-14H,7,15-19H2,1-6H3,(H,29,30). The molecule has 7 heteroatoms. The van der Waals surface area contributed by atoms with Crippen molar-refractivity contribution in [3.63, 3.8) is 0 Å². The van der Waals surface area contributed by atoms with E-state index in [1.165, 1.54) is 0 Å². The van der Waals surface area contributed by atoms with Crippen LogP contribution in [0.3, 0.4) is 0 Å². The minimum atomic E-state index is -1.93. The lowest BCUT2D eigenvalue weighted by Gasteiger charge is -2.51. The number of ether oxygens (including phenoxy) is 2. The van der Waals surface area contributed by atoms with Gasteiger partial charge in [-0.3, -0.25) is 4.79 Å². The highest BCUT2D eigenvalue weighted by molar-refractivity contribution is 6.74. The van der Waals surface area contributed by atoms with Gasteiger partial charge >= 0.3 is 0 Å². The molecular formula is C27H38N2O4Si. The van der Waals surface area contributed by atoms with E-state index in [0.717, 1.165) is 16.8 Å². The molecule has 0 aliphatic carbocycles. The number of nitrogens with one attached hydrogen (secondary N) is 1. The van der Waals surface area contributed by atoms with Crippen molar-refractivity contribution < 1.29 is 18.7 Å². The number of carbonyl (C=O) groups excluding carboxylic acids is 1. The Morgan fingerprint density at radius 2 is 1.82 bits per heavy atom. The summed E-state index contributed by atoms with van der Waals surface area (Å²) in [7, 11) is -1.93. The van der Waals surface area contributed by atoms with Crippen LogP contribution < -0.4 is 10.1 Å². The molecule has 1 unspecified atom stereocenters. The van der Waals surface area contributed by atoms with Crippen LogP contribution in [0.4, 0.5) is 0 Å². The quantitative estimate of drug-likeness (QED) is 0.532. The third-order valence-corrected chi connectivity index (χ3v) is 12.5. The van der Waals surface area contributed by atoms with E-state index in [4.69, 9.17) is 18.9 Å². The molecule has 1 atom stereocenters. The summed E-state index contributed by atoms with van der Waals surface area (Å²) in [5.41, 5.74) is 1.68. The monoisotopic (exact) mass is 482 g/mol. The topological polar surface area (TPSA) is 69.7 Å². The second-order valence-corrected chi connectivity index (χ2v) is 16.0.